The molecule has 0 radical (unpaired) electrons. The number of allylic oxidation sites excluding steroid dienone is 2. The van der Waals surface area contributed by atoms with Crippen molar-refractivity contribution >= 4 is 6.29 Å². The van der Waals surface area contributed by atoms with E-state index in [2.05, 4.69) is 26.8 Å². The lowest BCUT2D eigenvalue weighted by atomic mass is 9.78. The van der Waals surface area contributed by atoms with Gasteiger partial charge in [-0.15, -0.1) is 0 Å². The Kier molecular flexibility index (Phi) is 3.39. The zero-order chi connectivity index (χ0) is 11.7. The van der Waals surface area contributed by atoms with Crippen molar-refractivity contribution in [3.05, 3.63) is 11.6 Å². The molecule has 0 aromatic heterocycles. The first kappa shape index (κ1) is 12.4. The van der Waals surface area contributed by atoms with E-state index in [4.69, 9.17) is 4.74 Å². The molecule has 0 aromatic rings. The van der Waals surface area contributed by atoms with Crippen LogP contribution in [0.2, 0.25) is 0 Å². The van der Waals surface area contributed by atoms with Crippen molar-refractivity contribution in [2.24, 2.45) is 11.3 Å². The molecule has 15 heavy (non-hydrogen) atoms. The van der Waals surface area contributed by atoms with Crippen LogP contribution in [0.4, 0.5) is 0 Å². The number of carbonyl (C=O) groups excluding carboxylic acids is 1. The molecule has 1 rings (SSSR count). The first-order chi connectivity index (χ1) is 6.79. The first-order valence-corrected chi connectivity index (χ1v) is 5.57. The summed E-state index contributed by atoms with van der Waals surface area (Å²) < 4.78 is 5.65. The summed E-state index contributed by atoms with van der Waals surface area (Å²) >= 11 is 0. The van der Waals surface area contributed by atoms with Crippen LogP contribution in [0.5, 0.6) is 0 Å². The molecule has 1 aliphatic rings. The number of aldehydes is 1. The molecule has 0 aromatic carbocycles. The maximum Gasteiger partial charge on any atom is 0.151 e. The van der Waals surface area contributed by atoms with Crippen molar-refractivity contribution in [1.29, 1.82) is 0 Å². The molecule has 1 unspecified atom stereocenters. The minimum Gasteiger partial charge on any atom is -0.368 e. The van der Waals surface area contributed by atoms with Crippen LogP contribution < -0.4 is 0 Å². The largest absolute Gasteiger partial charge is 0.368 e. The minimum absolute atomic E-state index is 0.207. The van der Waals surface area contributed by atoms with Gasteiger partial charge in [0.1, 0.15) is 5.60 Å². The molecule has 0 saturated carbocycles. The predicted molar refractivity (Wildman–Crippen MR) is 61.7 cm³/mol. The van der Waals surface area contributed by atoms with Gasteiger partial charge < -0.3 is 9.53 Å². The number of carbonyl (C=O) groups is 1. The quantitative estimate of drug-likeness (QED) is 0.526. The van der Waals surface area contributed by atoms with Gasteiger partial charge in [-0.3, -0.25) is 0 Å². The molecule has 0 amide bonds. The standard InChI is InChI=1S/C13H22O2/c1-10-6-7-11(13(10,4)5)8-15-12(2,3)9-14/h6,9,11H,7-8H2,1-5H3. The molecule has 2 nitrogen and oxygen atoms in total. The Morgan fingerprint density at radius 1 is 1.60 bits per heavy atom. The lowest BCUT2D eigenvalue weighted by Gasteiger charge is -2.31. The fourth-order valence-electron chi connectivity index (χ4n) is 1.82. The zero-order valence-corrected chi connectivity index (χ0v) is 10.5. The number of hydrogen-bond donors (Lipinski definition) is 0. The maximum absolute atomic E-state index is 10.7. The van der Waals surface area contributed by atoms with Crippen LogP contribution in [0.1, 0.15) is 41.0 Å². The van der Waals surface area contributed by atoms with Crippen molar-refractivity contribution in [3.8, 4) is 0 Å². The van der Waals surface area contributed by atoms with Crippen LogP contribution in [-0.4, -0.2) is 18.5 Å². The van der Waals surface area contributed by atoms with E-state index in [0.29, 0.717) is 12.5 Å². The second kappa shape index (κ2) is 4.09. The molecule has 1 aliphatic carbocycles. The van der Waals surface area contributed by atoms with Crippen molar-refractivity contribution in [1.82, 2.24) is 0 Å². The lowest BCUT2D eigenvalue weighted by Crippen LogP contribution is -2.32. The zero-order valence-electron chi connectivity index (χ0n) is 10.5. The van der Waals surface area contributed by atoms with E-state index in [1.165, 1.54) is 5.57 Å². The van der Waals surface area contributed by atoms with E-state index < -0.39 is 5.60 Å². The number of hydrogen-bond acceptors (Lipinski definition) is 2. The molecule has 0 spiro atoms. The van der Waals surface area contributed by atoms with Crippen molar-refractivity contribution in [2.45, 2.75) is 46.6 Å². The maximum atomic E-state index is 10.7. The van der Waals surface area contributed by atoms with Gasteiger partial charge in [0.25, 0.3) is 0 Å². The van der Waals surface area contributed by atoms with Gasteiger partial charge in [0, 0.05) is 0 Å². The highest BCUT2D eigenvalue weighted by molar-refractivity contribution is 5.60. The van der Waals surface area contributed by atoms with E-state index in [1.807, 2.05) is 13.8 Å². The van der Waals surface area contributed by atoms with Gasteiger partial charge in [0.15, 0.2) is 6.29 Å². The number of rotatable bonds is 4. The topological polar surface area (TPSA) is 26.3 Å². The highest BCUT2D eigenvalue weighted by Gasteiger charge is 2.36. The molecular formula is C13H22O2. The SMILES string of the molecule is CC1=CCC(COC(C)(C)C=O)C1(C)C. The molecule has 0 aliphatic heterocycles. The van der Waals surface area contributed by atoms with Gasteiger partial charge in [-0.2, -0.15) is 0 Å². The van der Waals surface area contributed by atoms with E-state index in [9.17, 15) is 4.79 Å². The summed E-state index contributed by atoms with van der Waals surface area (Å²) in [4.78, 5) is 10.7. The second-order valence-electron chi connectivity index (χ2n) is 5.57. The molecule has 0 bridgehead atoms. The highest BCUT2D eigenvalue weighted by Crippen LogP contribution is 2.43. The Morgan fingerprint density at radius 2 is 2.20 bits per heavy atom. The predicted octanol–water partition coefficient (Wildman–Crippen LogP) is 2.97. The van der Waals surface area contributed by atoms with E-state index >= 15 is 0 Å². The Hall–Kier alpha value is -0.630. The lowest BCUT2D eigenvalue weighted by molar-refractivity contribution is -0.129. The fourth-order valence-corrected chi connectivity index (χ4v) is 1.82. The molecule has 0 heterocycles. The monoisotopic (exact) mass is 210 g/mol. The van der Waals surface area contributed by atoms with Crippen molar-refractivity contribution < 1.29 is 9.53 Å². The Bertz CT molecular complexity index is 274. The van der Waals surface area contributed by atoms with E-state index in [-0.39, 0.29) is 5.41 Å². The third-order valence-corrected chi connectivity index (χ3v) is 3.69. The molecule has 0 N–H and O–H groups in total. The van der Waals surface area contributed by atoms with Gasteiger partial charge in [-0.25, -0.2) is 0 Å². The summed E-state index contributed by atoms with van der Waals surface area (Å²) in [5, 5.41) is 0. The highest BCUT2D eigenvalue weighted by atomic mass is 16.5. The molecule has 0 saturated heterocycles. The average molecular weight is 210 g/mol. The Labute approximate surface area is 92.7 Å². The van der Waals surface area contributed by atoms with Crippen LogP contribution in [0.3, 0.4) is 0 Å². The first-order valence-electron chi connectivity index (χ1n) is 5.57. The summed E-state index contributed by atoms with van der Waals surface area (Å²) in [6.45, 7) is 10.9. The average Bonchev–Trinajstić information content (AvgIpc) is 2.40. The molecule has 1 atom stereocenters. The molecule has 0 fully saturated rings. The molecule has 86 valence electrons. The van der Waals surface area contributed by atoms with Crippen molar-refractivity contribution in [3.63, 3.8) is 0 Å². The van der Waals surface area contributed by atoms with E-state index in [1.54, 1.807) is 0 Å². The summed E-state index contributed by atoms with van der Waals surface area (Å²) in [7, 11) is 0. The van der Waals surface area contributed by atoms with Gasteiger partial charge in [0.2, 0.25) is 0 Å². The van der Waals surface area contributed by atoms with Gasteiger partial charge in [-0.1, -0.05) is 25.5 Å². The smallest absolute Gasteiger partial charge is 0.151 e. The second-order valence-corrected chi connectivity index (χ2v) is 5.57. The van der Waals surface area contributed by atoms with Crippen LogP contribution in [0.25, 0.3) is 0 Å². The number of ether oxygens (including phenoxy) is 1. The van der Waals surface area contributed by atoms with Crippen LogP contribution in [0.15, 0.2) is 11.6 Å². The van der Waals surface area contributed by atoms with Crippen LogP contribution >= 0.6 is 0 Å². The third kappa shape index (κ3) is 2.69. The Morgan fingerprint density at radius 3 is 2.60 bits per heavy atom. The van der Waals surface area contributed by atoms with Gasteiger partial charge in [0.05, 0.1) is 6.61 Å². The normalized spacial score (nSPS) is 25.1. The van der Waals surface area contributed by atoms with Crippen LogP contribution in [-0.2, 0) is 9.53 Å². The molecular weight excluding hydrogens is 188 g/mol. The Balaban J connectivity index is 2.53. The van der Waals surface area contributed by atoms with Gasteiger partial charge >= 0.3 is 0 Å². The summed E-state index contributed by atoms with van der Waals surface area (Å²) in [6.07, 6.45) is 4.21. The van der Waals surface area contributed by atoms with Gasteiger partial charge in [-0.05, 0) is 38.5 Å². The third-order valence-electron chi connectivity index (χ3n) is 3.69. The summed E-state index contributed by atoms with van der Waals surface area (Å²) in [5.41, 5.74) is 0.992. The van der Waals surface area contributed by atoms with Crippen molar-refractivity contribution in [2.75, 3.05) is 6.61 Å². The minimum atomic E-state index is -0.646. The van der Waals surface area contributed by atoms with Crippen LogP contribution in [0, 0.1) is 11.3 Å². The summed E-state index contributed by atoms with van der Waals surface area (Å²) in [6, 6.07) is 0. The fraction of sp³-hybridized carbons (Fsp3) is 0.769. The van der Waals surface area contributed by atoms with E-state index in [0.717, 1.165) is 12.7 Å². The molecule has 2 heteroatoms. The summed E-state index contributed by atoms with van der Waals surface area (Å²) in [5.74, 6) is 0.497.